The smallest absolute Gasteiger partial charge is 0.368 e. The van der Waals surface area contributed by atoms with Crippen LogP contribution in [0.15, 0.2) is 176 Å². The number of tetrazole rings is 5. The fourth-order valence-electron chi connectivity index (χ4n) is 14.3. The second kappa shape index (κ2) is 51.7. The van der Waals surface area contributed by atoms with Crippen molar-refractivity contribution in [3.63, 3.8) is 0 Å². The molecule has 5 aromatic heterocycles. The Bertz CT molecular complexity index is 6840. The summed E-state index contributed by atoms with van der Waals surface area (Å²) in [6, 6.07) is 60.2. The summed E-state index contributed by atoms with van der Waals surface area (Å²) in [7, 11) is 7.76. The number of aromatic nitrogens is 20. The Balaban J connectivity index is 0.000000207. The molecule has 2 aliphatic rings. The van der Waals surface area contributed by atoms with E-state index >= 15 is 0 Å². The summed E-state index contributed by atoms with van der Waals surface area (Å²) in [5.74, 6) is 0.378. The van der Waals surface area contributed by atoms with Crippen LogP contribution in [-0.2, 0) is 245 Å². The molecule has 0 bridgehead atoms. The minimum Gasteiger partial charge on any atom is -0.514 e. The topological polar surface area (TPSA) is 310 Å². The van der Waals surface area contributed by atoms with Gasteiger partial charge in [-0.05, 0) is 148 Å². The number of ether oxygens (including phenoxy) is 5. The molecular weight excluding hydrogens is 2230 g/mol. The van der Waals surface area contributed by atoms with E-state index in [4.69, 9.17) is 81.7 Å². The second-order valence-corrected chi connectivity index (χ2v) is 33.5. The van der Waals surface area contributed by atoms with Gasteiger partial charge in [-0.15, -0.1) is 116 Å². The zero-order valence-corrected chi connectivity index (χ0v) is 95.0. The average Bonchev–Trinajstić information content (AvgIpc) is 1.59. The van der Waals surface area contributed by atoms with Crippen molar-refractivity contribution >= 4 is 58.0 Å². The van der Waals surface area contributed by atoms with E-state index in [2.05, 4.69) is 116 Å². The molecule has 5 radical (unpaired) electrons. The van der Waals surface area contributed by atoms with Crippen molar-refractivity contribution < 1.29 is 196 Å². The summed E-state index contributed by atoms with van der Waals surface area (Å²) >= 11 is 30.1. The van der Waals surface area contributed by atoms with E-state index in [9.17, 15) is 32.8 Å². The zero-order valence-electron chi connectivity index (χ0n) is 77.0. The molecular formula is C94H92Cl5F2N20O10Y5-5. The first-order valence-electron chi connectivity index (χ1n) is 41.7. The number of benzene rings is 10. The molecule has 15 aromatic rings. The van der Waals surface area contributed by atoms with Crippen molar-refractivity contribution in [3.05, 3.63) is 343 Å². The summed E-state index contributed by atoms with van der Waals surface area (Å²) in [4.78, 5) is 61.5. The molecule has 0 saturated heterocycles. The number of hydrogen-bond donors (Lipinski definition) is 0. The third-order valence-corrected chi connectivity index (χ3v) is 22.9. The van der Waals surface area contributed by atoms with Crippen LogP contribution in [0.1, 0.15) is 155 Å². The monoisotopic (exact) mass is 2320 g/mol. The summed E-state index contributed by atoms with van der Waals surface area (Å²) < 4.78 is 69.7. The molecule has 2 aliphatic carbocycles. The Hall–Kier alpha value is -7.62. The Labute approximate surface area is 934 Å². The predicted molar refractivity (Wildman–Crippen MR) is 492 cm³/mol. The van der Waals surface area contributed by atoms with E-state index in [0.717, 1.165) is 108 Å². The zero-order chi connectivity index (χ0) is 93.8. The van der Waals surface area contributed by atoms with Crippen molar-refractivity contribution in [2.45, 2.75) is 158 Å². The number of rotatable bonds is 26. The molecule has 697 valence electrons. The van der Waals surface area contributed by atoms with Gasteiger partial charge in [-0.1, -0.05) is 155 Å². The Morgan fingerprint density at radius 1 is 0.375 bits per heavy atom. The Morgan fingerprint density at radius 3 is 0.912 bits per heavy atom. The molecule has 42 heteroatoms. The van der Waals surface area contributed by atoms with Crippen LogP contribution in [-0.4, -0.2) is 105 Å². The van der Waals surface area contributed by atoms with Crippen LogP contribution in [0.2, 0.25) is 25.1 Å². The molecule has 0 aliphatic heterocycles. The van der Waals surface area contributed by atoms with Gasteiger partial charge in [-0.2, -0.15) is 107 Å². The number of halogens is 7. The van der Waals surface area contributed by atoms with Crippen LogP contribution in [0.3, 0.4) is 0 Å². The van der Waals surface area contributed by atoms with Crippen LogP contribution in [0.25, 0.3) is 28.4 Å². The largest absolute Gasteiger partial charge is 0.514 e. The molecule has 1 atom stereocenters. The van der Waals surface area contributed by atoms with Crippen molar-refractivity contribution in [2.24, 2.45) is 35.2 Å². The minimum atomic E-state index is -2.76. The Kier molecular flexibility index (Phi) is 43.2. The number of hydrogen-bond acceptors (Lipinski definition) is 20. The fraction of sp³-hybridized carbons (Fsp3) is 0.309. The van der Waals surface area contributed by atoms with Crippen LogP contribution >= 0.6 is 58.0 Å². The summed E-state index contributed by atoms with van der Waals surface area (Å²) in [6.07, 6.45) is 4.74. The van der Waals surface area contributed by atoms with E-state index < -0.39 is 17.5 Å². The normalized spacial score (nSPS) is 12.5. The van der Waals surface area contributed by atoms with Gasteiger partial charge in [-0.3, -0.25) is 0 Å². The third-order valence-electron chi connectivity index (χ3n) is 21.8. The van der Waals surface area contributed by atoms with Crippen molar-refractivity contribution in [1.29, 1.82) is 0 Å². The number of alkyl halides is 2. The van der Waals surface area contributed by atoms with Crippen molar-refractivity contribution in [2.75, 3.05) is 0 Å². The standard InChI is InChI=1S/C19H16ClF2N4O2.C19H18ClN4O2.2C19H20ClN4O2.C18H18ClN4O2.5Y/c1-11-6-7-12(20)8-17(11)28-10-14-13(15-9-19(15,21)22)4-3-5-16(14)26-18(27)25(2)23-24-26;1-12-6-9-14(20)10-18(12)26-11-16-15(13-7-8-13)4-3-5-17(16)24-19(25)23(2)21-22-24;1-12(2)15-6-5-7-17(24-19(25)23(4)21-22-24)16(15)11-26-18-10-14(20)9-8-13(18)3;1-4-6-14-7-5-8-17(24-19(25)23(3)21-22-24)16(14)12-26-18-11-15(20)10-9-13(18)2;1-4-13-6-5-7-16(23-18(24)22(3)20-21-23)15(13)11-25-17-10-14(19)9-8-12(17)2;;;;;/h3-6,8,15H,9-10H2,1-2H3;3-6,10,13H,7-8,11H2,1-2H3;5-8,10,12H,11H2,1-4H3;5,7-9,11H,4,6,12H2,1-3H3;5-8,10H,4,11H2,1-3H3;;;;;/q5*-1;;;;;. The van der Waals surface area contributed by atoms with Gasteiger partial charge in [0.25, 0.3) is 5.92 Å². The van der Waals surface area contributed by atoms with Crippen molar-refractivity contribution in [1.82, 2.24) is 99.0 Å². The van der Waals surface area contributed by atoms with Crippen LogP contribution in [0.5, 0.6) is 28.7 Å². The average molecular weight is 2320 g/mol. The van der Waals surface area contributed by atoms with Crippen LogP contribution in [0, 0.1) is 65.0 Å². The van der Waals surface area contributed by atoms with Gasteiger partial charge in [0.1, 0.15) is 33.0 Å². The summed E-state index contributed by atoms with van der Waals surface area (Å²) in [6.45, 7) is 19.1. The van der Waals surface area contributed by atoms with E-state index in [1.54, 1.807) is 107 Å². The van der Waals surface area contributed by atoms with E-state index in [-0.39, 0.29) is 212 Å². The maximum absolute atomic E-state index is 13.8. The number of nitrogens with zero attached hydrogens (tertiary/aromatic N) is 20. The maximum Gasteiger partial charge on any atom is 0.368 e. The summed E-state index contributed by atoms with van der Waals surface area (Å²) in [5, 5.41) is 41.0. The molecule has 17 rings (SSSR count). The predicted octanol–water partition coefficient (Wildman–Crippen LogP) is 16.2. The van der Waals surface area contributed by atoms with Crippen molar-refractivity contribution in [3.8, 4) is 57.2 Å². The molecule has 10 aromatic carbocycles. The molecule has 0 spiro atoms. The third kappa shape index (κ3) is 28.0. The van der Waals surface area contributed by atoms with E-state index in [1.807, 2.05) is 101 Å². The quantitative estimate of drug-likeness (QED) is 0.0455. The van der Waals surface area contributed by atoms with Gasteiger partial charge in [0.15, 0.2) is 0 Å². The molecule has 136 heavy (non-hydrogen) atoms. The van der Waals surface area contributed by atoms with Crippen LogP contribution < -0.4 is 52.1 Å². The summed E-state index contributed by atoms with van der Waals surface area (Å²) in [5.41, 5.74) is 15.1. The molecule has 30 nitrogen and oxygen atoms in total. The van der Waals surface area contributed by atoms with Crippen LogP contribution in [0.4, 0.5) is 8.78 Å². The fourth-order valence-corrected chi connectivity index (χ4v) is 15.1. The van der Waals surface area contributed by atoms with Gasteiger partial charge in [0.2, 0.25) is 0 Å². The molecule has 2 fully saturated rings. The van der Waals surface area contributed by atoms with Gasteiger partial charge in [-0.25, -0.2) is 32.8 Å². The van der Waals surface area contributed by atoms with E-state index in [0.29, 0.717) is 119 Å². The molecule has 1 unspecified atom stereocenters. The van der Waals surface area contributed by atoms with Gasteiger partial charge in [0, 0.05) is 262 Å². The molecule has 2 saturated carbocycles. The molecule has 0 amide bonds. The first-order chi connectivity index (χ1) is 62.7. The van der Waals surface area contributed by atoms with Gasteiger partial charge in [0.05, 0.1) is 34.4 Å². The SMILES string of the molecule is CCCc1cccc(-n2nnn(C)c2=O)c1COc1cc(Cl)[c-]cc1C.CCc1cccc(-n2nnn(C)c2=O)c1COc1cc(Cl)[c-]cc1C.Cc1c[c-]c(Cl)cc1OCc1c(C(C)C)cccc1-n1nnn(C)c1=O.Cc1c[c-]c(Cl)cc1OCc1c(C2CC2(F)F)cccc1-n1nnn(C)c1=O.Cc1c[c-]c(Cl)cc1OCc1c(C2CC2)cccc1-n1nnn(C)c1=O.[Y].[Y].[Y].[Y].[Y]. The first-order valence-corrected chi connectivity index (χ1v) is 43.6. The second-order valence-electron chi connectivity index (χ2n) is 31.5. The van der Waals surface area contributed by atoms with Gasteiger partial charge < -0.3 is 23.7 Å². The van der Waals surface area contributed by atoms with E-state index in [1.165, 1.54) is 50.1 Å². The van der Waals surface area contributed by atoms with Gasteiger partial charge >= 0.3 is 28.4 Å². The molecule has 0 N–H and O–H groups in total. The number of aryl methyl sites for hydroxylation is 12. The maximum atomic E-state index is 13.8. The first kappa shape index (κ1) is 114. The minimum absolute atomic E-state index is 0. The Morgan fingerprint density at radius 2 is 0.632 bits per heavy atom. The molecule has 5 heterocycles.